The number of aromatic nitrogens is 2. The molecule has 3 rings (SSSR count). The van der Waals surface area contributed by atoms with Gasteiger partial charge in [0.2, 0.25) is 5.13 Å². The minimum absolute atomic E-state index is 0.218. The molecule has 1 amide bonds. The average molecular weight is 392 g/mol. The monoisotopic (exact) mass is 391 g/mol. The van der Waals surface area contributed by atoms with Gasteiger partial charge in [-0.1, -0.05) is 49.4 Å². The van der Waals surface area contributed by atoms with Crippen molar-refractivity contribution in [1.82, 2.24) is 10.2 Å². The first kappa shape index (κ1) is 15.9. The number of hydrogen-bond donors (Lipinski definition) is 1. The molecule has 0 aliphatic rings. The van der Waals surface area contributed by atoms with Crippen molar-refractivity contribution in [2.24, 2.45) is 0 Å². The maximum absolute atomic E-state index is 12.0. The second-order valence-corrected chi connectivity index (χ2v) is 7.01. The Labute approximate surface area is 145 Å². The third kappa shape index (κ3) is 3.68. The summed E-state index contributed by atoms with van der Waals surface area (Å²) in [6, 6.07) is 11.5. The van der Waals surface area contributed by atoms with E-state index in [1.807, 2.05) is 12.1 Å². The molecule has 5 nitrogen and oxygen atoms in total. The number of amides is 1. The van der Waals surface area contributed by atoms with Gasteiger partial charge in [-0.05, 0) is 39.5 Å². The Bertz CT molecular complexity index is 824. The lowest BCUT2D eigenvalue weighted by molar-refractivity contribution is 0.0995. The van der Waals surface area contributed by atoms with Gasteiger partial charge in [0.25, 0.3) is 5.91 Å². The van der Waals surface area contributed by atoms with Crippen LogP contribution >= 0.6 is 27.3 Å². The van der Waals surface area contributed by atoms with Crippen LogP contribution in [0.15, 0.2) is 45.5 Å². The lowest BCUT2D eigenvalue weighted by atomic mass is 10.0. The molecule has 0 saturated carbocycles. The zero-order chi connectivity index (χ0) is 16.4. The highest BCUT2D eigenvalue weighted by molar-refractivity contribution is 9.10. The molecular weight excluding hydrogens is 378 g/mol. The van der Waals surface area contributed by atoms with Gasteiger partial charge in [0.05, 0.1) is 0 Å². The Morgan fingerprint density at radius 2 is 1.91 bits per heavy atom. The second kappa shape index (κ2) is 6.64. The molecule has 23 heavy (non-hydrogen) atoms. The van der Waals surface area contributed by atoms with Gasteiger partial charge in [-0.25, -0.2) is 0 Å². The van der Waals surface area contributed by atoms with Gasteiger partial charge in [-0.3, -0.25) is 10.1 Å². The molecule has 0 saturated heterocycles. The van der Waals surface area contributed by atoms with Crippen molar-refractivity contribution >= 4 is 38.3 Å². The molecule has 0 radical (unpaired) electrons. The van der Waals surface area contributed by atoms with Crippen LogP contribution in [0.2, 0.25) is 0 Å². The largest absolute Gasteiger partial charge is 0.444 e. The summed E-state index contributed by atoms with van der Waals surface area (Å²) in [4.78, 5) is 12.0. The van der Waals surface area contributed by atoms with Crippen molar-refractivity contribution in [2.75, 3.05) is 5.32 Å². The van der Waals surface area contributed by atoms with E-state index in [0.29, 0.717) is 15.7 Å². The number of nitrogens with zero attached hydrogens (tertiary/aromatic N) is 2. The molecule has 0 atom stereocenters. The topological polar surface area (TPSA) is 68.0 Å². The maximum atomic E-state index is 12.0. The van der Waals surface area contributed by atoms with Crippen LogP contribution in [0.5, 0.6) is 0 Å². The van der Waals surface area contributed by atoms with Crippen LogP contribution in [0.25, 0.3) is 10.6 Å². The molecule has 0 bridgehead atoms. The Morgan fingerprint density at radius 1 is 1.17 bits per heavy atom. The van der Waals surface area contributed by atoms with E-state index in [1.165, 1.54) is 16.9 Å². The lowest BCUT2D eigenvalue weighted by Crippen LogP contribution is -2.10. The number of anilines is 1. The average Bonchev–Trinajstić information content (AvgIpc) is 3.16. The van der Waals surface area contributed by atoms with Crippen molar-refractivity contribution in [3.63, 3.8) is 0 Å². The molecule has 2 heterocycles. The molecule has 0 fully saturated rings. The molecule has 0 spiro atoms. The summed E-state index contributed by atoms with van der Waals surface area (Å²) in [5.74, 6) is 0.351. The molecule has 0 aliphatic heterocycles. The smallest absolute Gasteiger partial charge is 0.293 e. The maximum Gasteiger partial charge on any atom is 0.293 e. The van der Waals surface area contributed by atoms with Crippen LogP contribution in [0.1, 0.15) is 35.9 Å². The van der Waals surface area contributed by atoms with E-state index in [4.69, 9.17) is 4.42 Å². The normalized spacial score (nSPS) is 11.0. The molecule has 2 aromatic heterocycles. The number of carbonyl (C=O) groups excluding carboxylic acids is 1. The Morgan fingerprint density at radius 3 is 2.52 bits per heavy atom. The van der Waals surface area contributed by atoms with Crippen molar-refractivity contribution in [1.29, 1.82) is 0 Å². The number of benzene rings is 1. The first-order valence-corrected chi connectivity index (χ1v) is 8.64. The van der Waals surface area contributed by atoms with Crippen LogP contribution in [-0.4, -0.2) is 16.1 Å². The Balaban J connectivity index is 1.74. The molecule has 118 valence electrons. The summed E-state index contributed by atoms with van der Waals surface area (Å²) >= 11 is 4.49. The molecular formula is C16H14BrN3O2S. The number of carbonyl (C=O) groups is 1. The summed E-state index contributed by atoms with van der Waals surface area (Å²) in [6.07, 6.45) is 0. The number of halogens is 1. The van der Waals surface area contributed by atoms with Crippen LogP contribution in [-0.2, 0) is 0 Å². The molecule has 7 heteroatoms. The first-order valence-electron chi connectivity index (χ1n) is 7.03. The van der Waals surface area contributed by atoms with Gasteiger partial charge in [0.1, 0.15) is 5.01 Å². The second-order valence-electron chi connectivity index (χ2n) is 5.25. The van der Waals surface area contributed by atoms with E-state index in [2.05, 4.69) is 57.4 Å². The zero-order valence-corrected chi connectivity index (χ0v) is 14.9. The Kier molecular flexibility index (Phi) is 4.58. The zero-order valence-electron chi connectivity index (χ0n) is 12.5. The quantitative estimate of drug-likeness (QED) is 0.683. The third-order valence-corrected chi connectivity index (χ3v) is 4.58. The molecule has 1 N–H and O–H groups in total. The van der Waals surface area contributed by atoms with Crippen molar-refractivity contribution in [3.05, 3.63) is 52.4 Å². The molecule has 1 aromatic carbocycles. The summed E-state index contributed by atoms with van der Waals surface area (Å²) in [5.41, 5.74) is 2.25. The van der Waals surface area contributed by atoms with Crippen molar-refractivity contribution in [3.8, 4) is 10.6 Å². The van der Waals surface area contributed by atoms with Gasteiger partial charge < -0.3 is 4.42 Å². The highest BCUT2D eigenvalue weighted by Crippen LogP contribution is 2.28. The van der Waals surface area contributed by atoms with E-state index >= 15 is 0 Å². The number of nitrogens with one attached hydrogen (secondary N) is 1. The summed E-state index contributed by atoms with van der Waals surface area (Å²) < 4.78 is 5.71. The number of furan rings is 1. The third-order valence-electron chi connectivity index (χ3n) is 3.27. The van der Waals surface area contributed by atoms with Crippen molar-refractivity contribution in [2.45, 2.75) is 19.8 Å². The number of rotatable bonds is 4. The van der Waals surface area contributed by atoms with Gasteiger partial charge >= 0.3 is 0 Å². The van der Waals surface area contributed by atoms with E-state index in [1.54, 1.807) is 12.1 Å². The van der Waals surface area contributed by atoms with Gasteiger partial charge in [0.15, 0.2) is 10.4 Å². The van der Waals surface area contributed by atoms with E-state index in [0.717, 1.165) is 10.6 Å². The van der Waals surface area contributed by atoms with Gasteiger partial charge in [0, 0.05) is 5.56 Å². The summed E-state index contributed by atoms with van der Waals surface area (Å²) in [6.45, 7) is 4.31. The molecule has 3 aromatic rings. The Hall–Kier alpha value is -1.99. The highest BCUT2D eigenvalue weighted by atomic mass is 79.9. The predicted octanol–water partition coefficient (Wildman–Crippen LogP) is 4.94. The predicted molar refractivity (Wildman–Crippen MR) is 93.8 cm³/mol. The van der Waals surface area contributed by atoms with Gasteiger partial charge in [-0.2, -0.15) is 0 Å². The van der Waals surface area contributed by atoms with E-state index in [9.17, 15) is 4.79 Å². The molecule has 0 unspecified atom stereocenters. The van der Waals surface area contributed by atoms with Gasteiger partial charge in [-0.15, -0.1) is 10.2 Å². The van der Waals surface area contributed by atoms with Crippen LogP contribution in [0.3, 0.4) is 0 Å². The highest BCUT2D eigenvalue weighted by Gasteiger charge is 2.14. The van der Waals surface area contributed by atoms with E-state index in [-0.39, 0.29) is 11.7 Å². The van der Waals surface area contributed by atoms with E-state index < -0.39 is 0 Å². The lowest BCUT2D eigenvalue weighted by Gasteiger charge is -2.04. The van der Waals surface area contributed by atoms with Crippen LogP contribution in [0.4, 0.5) is 5.13 Å². The SMILES string of the molecule is CC(C)c1ccc(-c2nnc(NC(=O)c3ccc(Br)o3)s2)cc1. The fourth-order valence-corrected chi connectivity index (χ4v) is 3.05. The number of hydrogen-bond acceptors (Lipinski definition) is 5. The first-order chi connectivity index (χ1) is 11.0. The summed E-state index contributed by atoms with van der Waals surface area (Å²) in [7, 11) is 0. The summed E-state index contributed by atoms with van der Waals surface area (Å²) in [5, 5.41) is 12.0. The minimum atomic E-state index is -0.353. The van der Waals surface area contributed by atoms with Crippen LogP contribution in [0, 0.1) is 0 Å². The van der Waals surface area contributed by atoms with Crippen LogP contribution < -0.4 is 5.32 Å². The fourth-order valence-electron chi connectivity index (χ4n) is 2.00. The molecule has 0 aliphatic carbocycles. The minimum Gasteiger partial charge on any atom is -0.444 e. The van der Waals surface area contributed by atoms with Crippen molar-refractivity contribution < 1.29 is 9.21 Å². The standard InChI is InChI=1S/C16H14BrN3O2S/c1-9(2)10-3-5-11(6-4-10)15-19-20-16(23-15)18-14(21)12-7-8-13(17)22-12/h3-9H,1-2H3,(H,18,20,21). The fraction of sp³-hybridized carbons (Fsp3) is 0.188.